The zero-order valence-corrected chi connectivity index (χ0v) is 11.9. The predicted molar refractivity (Wildman–Crippen MR) is 71.2 cm³/mol. The van der Waals surface area contributed by atoms with E-state index in [9.17, 15) is 9.59 Å². The van der Waals surface area contributed by atoms with Gasteiger partial charge in [0.1, 0.15) is 0 Å². The van der Waals surface area contributed by atoms with Gasteiger partial charge < -0.3 is 15.5 Å². The molecule has 104 valence electrons. The Hall–Kier alpha value is -1.10. The van der Waals surface area contributed by atoms with E-state index in [4.69, 9.17) is 0 Å². The van der Waals surface area contributed by atoms with Crippen LogP contribution in [-0.4, -0.2) is 48.4 Å². The second-order valence-corrected chi connectivity index (χ2v) is 5.99. The van der Waals surface area contributed by atoms with Crippen LogP contribution in [0.2, 0.25) is 0 Å². The van der Waals surface area contributed by atoms with Crippen molar-refractivity contribution in [1.29, 1.82) is 0 Å². The van der Waals surface area contributed by atoms with Gasteiger partial charge in [0, 0.05) is 12.6 Å². The number of piperidine rings is 1. The fourth-order valence-corrected chi connectivity index (χ4v) is 2.08. The number of carbonyl (C=O) groups is 2. The van der Waals surface area contributed by atoms with Crippen LogP contribution in [0, 0.1) is 0 Å². The molecule has 0 aromatic rings. The van der Waals surface area contributed by atoms with Gasteiger partial charge in [0.2, 0.25) is 11.8 Å². The van der Waals surface area contributed by atoms with Crippen molar-refractivity contribution in [1.82, 2.24) is 15.5 Å². The smallest absolute Gasteiger partial charge is 0.240 e. The van der Waals surface area contributed by atoms with Gasteiger partial charge in [-0.3, -0.25) is 9.59 Å². The Morgan fingerprint density at radius 3 is 2.50 bits per heavy atom. The van der Waals surface area contributed by atoms with E-state index >= 15 is 0 Å². The van der Waals surface area contributed by atoms with E-state index in [1.165, 1.54) is 4.90 Å². The highest BCUT2D eigenvalue weighted by Crippen LogP contribution is 2.09. The largest absolute Gasteiger partial charge is 0.350 e. The molecule has 1 atom stereocenters. The number of hydrogen-bond acceptors (Lipinski definition) is 3. The number of carbonyl (C=O) groups excluding carboxylic acids is 2. The van der Waals surface area contributed by atoms with E-state index in [1.807, 2.05) is 20.8 Å². The number of hydrogen-bond donors (Lipinski definition) is 2. The molecular formula is C13H25N3O2. The Bertz CT molecular complexity index is 304. The van der Waals surface area contributed by atoms with Gasteiger partial charge in [0.05, 0.1) is 12.6 Å². The lowest BCUT2D eigenvalue weighted by atomic mass is 10.0. The molecular weight excluding hydrogens is 230 g/mol. The first-order chi connectivity index (χ1) is 8.29. The minimum atomic E-state index is -0.260. The molecule has 1 fully saturated rings. The van der Waals surface area contributed by atoms with Crippen molar-refractivity contribution in [3.8, 4) is 0 Å². The van der Waals surface area contributed by atoms with Gasteiger partial charge in [0.15, 0.2) is 0 Å². The lowest BCUT2D eigenvalue weighted by Gasteiger charge is -2.28. The fourth-order valence-electron chi connectivity index (χ4n) is 2.08. The van der Waals surface area contributed by atoms with Gasteiger partial charge in [-0.25, -0.2) is 0 Å². The normalized spacial score (nSPS) is 20.3. The topological polar surface area (TPSA) is 61.4 Å². The minimum Gasteiger partial charge on any atom is -0.350 e. The average molecular weight is 255 g/mol. The predicted octanol–water partition coefficient (Wildman–Crippen LogP) is 0.502. The van der Waals surface area contributed by atoms with E-state index in [1.54, 1.807) is 7.05 Å². The maximum absolute atomic E-state index is 12.1. The van der Waals surface area contributed by atoms with Crippen LogP contribution >= 0.6 is 0 Å². The van der Waals surface area contributed by atoms with Crippen molar-refractivity contribution in [3.63, 3.8) is 0 Å². The minimum absolute atomic E-state index is 0.0127. The first-order valence-corrected chi connectivity index (χ1v) is 6.59. The highest BCUT2D eigenvalue weighted by atomic mass is 16.2. The van der Waals surface area contributed by atoms with Gasteiger partial charge in [-0.15, -0.1) is 0 Å². The Labute approximate surface area is 109 Å². The van der Waals surface area contributed by atoms with Crippen LogP contribution in [0.1, 0.15) is 40.0 Å². The third-order valence-electron chi connectivity index (χ3n) is 2.88. The summed E-state index contributed by atoms with van der Waals surface area (Å²) in [7, 11) is 1.68. The van der Waals surface area contributed by atoms with Crippen LogP contribution in [0.3, 0.4) is 0 Å². The first-order valence-electron chi connectivity index (χ1n) is 6.59. The summed E-state index contributed by atoms with van der Waals surface area (Å²) in [6.45, 7) is 6.78. The zero-order chi connectivity index (χ0) is 13.8. The second kappa shape index (κ2) is 6.18. The lowest BCUT2D eigenvalue weighted by Crippen LogP contribution is -2.51. The van der Waals surface area contributed by atoms with Crippen LogP contribution in [0.25, 0.3) is 0 Å². The van der Waals surface area contributed by atoms with Crippen LogP contribution < -0.4 is 10.6 Å². The fraction of sp³-hybridized carbons (Fsp3) is 0.846. The van der Waals surface area contributed by atoms with Crippen LogP contribution in [0.15, 0.2) is 0 Å². The highest BCUT2D eigenvalue weighted by molar-refractivity contribution is 5.87. The number of nitrogens with one attached hydrogen (secondary N) is 2. The summed E-state index contributed by atoms with van der Waals surface area (Å²) in [6.07, 6.45) is 3.06. The van der Waals surface area contributed by atoms with E-state index in [2.05, 4.69) is 10.6 Å². The maximum atomic E-state index is 12.1. The number of rotatable bonds is 3. The van der Waals surface area contributed by atoms with Crippen LogP contribution in [-0.2, 0) is 9.59 Å². The Balaban J connectivity index is 2.41. The molecule has 5 heteroatoms. The quantitative estimate of drug-likeness (QED) is 0.772. The molecule has 2 amide bonds. The third kappa shape index (κ3) is 5.04. The zero-order valence-electron chi connectivity index (χ0n) is 11.9. The van der Waals surface area contributed by atoms with Crippen LogP contribution in [0.5, 0.6) is 0 Å². The molecule has 2 N–H and O–H groups in total. The average Bonchev–Trinajstić information content (AvgIpc) is 2.26. The van der Waals surface area contributed by atoms with Crippen molar-refractivity contribution in [2.45, 2.75) is 51.6 Å². The molecule has 1 rings (SSSR count). The Morgan fingerprint density at radius 2 is 2.00 bits per heavy atom. The Morgan fingerprint density at radius 1 is 1.33 bits per heavy atom. The van der Waals surface area contributed by atoms with Gasteiger partial charge in [-0.05, 0) is 40.2 Å². The van der Waals surface area contributed by atoms with Crippen molar-refractivity contribution < 1.29 is 9.59 Å². The number of nitrogens with zero attached hydrogens (tertiary/aromatic N) is 1. The van der Waals surface area contributed by atoms with E-state index in [-0.39, 0.29) is 29.9 Å². The van der Waals surface area contributed by atoms with E-state index in [0.29, 0.717) is 0 Å². The molecule has 0 aliphatic carbocycles. The second-order valence-electron chi connectivity index (χ2n) is 5.99. The Kier molecular flexibility index (Phi) is 5.14. The van der Waals surface area contributed by atoms with Crippen molar-refractivity contribution in [2.75, 3.05) is 20.1 Å². The van der Waals surface area contributed by atoms with Gasteiger partial charge in [0.25, 0.3) is 0 Å². The molecule has 0 spiro atoms. The molecule has 0 aromatic carbocycles. The first kappa shape index (κ1) is 15.0. The molecule has 1 aliphatic rings. The van der Waals surface area contributed by atoms with Crippen LogP contribution in [0.4, 0.5) is 0 Å². The lowest BCUT2D eigenvalue weighted by molar-refractivity contribution is -0.137. The molecule has 1 saturated heterocycles. The van der Waals surface area contributed by atoms with Crippen molar-refractivity contribution in [2.24, 2.45) is 0 Å². The molecule has 1 aliphatic heterocycles. The summed E-state index contributed by atoms with van der Waals surface area (Å²) >= 11 is 0. The van der Waals surface area contributed by atoms with Crippen molar-refractivity contribution >= 4 is 11.8 Å². The number of amides is 2. The monoisotopic (exact) mass is 255 g/mol. The highest BCUT2D eigenvalue weighted by Gasteiger charge is 2.25. The van der Waals surface area contributed by atoms with Gasteiger partial charge in [-0.1, -0.05) is 6.42 Å². The molecule has 5 nitrogen and oxygen atoms in total. The SMILES string of the molecule is CN(CC(=O)NC(C)(C)C)C(=O)[C@H]1CCCCN1. The molecule has 0 bridgehead atoms. The summed E-state index contributed by atoms with van der Waals surface area (Å²) in [5, 5.41) is 6.05. The summed E-state index contributed by atoms with van der Waals surface area (Å²) in [6, 6.07) is -0.119. The van der Waals surface area contributed by atoms with Crippen molar-refractivity contribution in [3.05, 3.63) is 0 Å². The standard InChI is InChI=1S/C13H25N3O2/c1-13(2,3)15-11(17)9-16(4)12(18)10-7-5-6-8-14-10/h10,14H,5-9H2,1-4H3,(H,15,17)/t10-/m1/s1. The third-order valence-corrected chi connectivity index (χ3v) is 2.88. The molecule has 0 aromatic heterocycles. The molecule has 1 heterocycles. The number of likely N-dealkylation sites (N-methyl/N-ethyl adjacent to an activating group) is 1. The molecule has 0 saturated carbocycles. The van der Waals surface area contributed by atoms with E-state index < -0.39 is 0 Å². The summed E-state index contributed by atoms with van der Waals surface area (Å²) < 4.78 is 0. The summed E-state index contributed by atoms with van der Waals surface area (Å²) in [4.78, 5) is 25.3. The van der Waals surface area contributed by atoms with Gasteiger partial charge in [-0.2, -0.15) is 0 Å². The molecule has 0 radical (unpaired) electrons. The summed E-state index contributed by atoms with van der Waals surface area (Å²) in [5.74, 6) is -0.104. The molecule has 18 heavy (non-hydrogen) atoms. The van der Waals surface area contributed by atoms with E-state index in [0.717, 1.165) is 25.8 Å². The maximum Gasteiger partial charge on any atom is 0.240 e. The molecule has 0 unspecified atom stereocenters. The summed E-state index contributed by atoms with van der Waals surface area (Å²) in [5.41, 5.74) is -0.260. The van der Waals surface area contributed by atoms with Gasteiger partial charge >= 0.3 is 0 Å².